The van der Waals surface area contributed by atoms with Gasteiger partial charge in [0.25, 0.3) is 0 Å². The maximum absolute atomic E-state index is 10.6. The molecule has 0 amide bonds. The van der Waals surface area contributed by atoms with E-state index in [9.17, 15) is 5.11 Å². The second-order valence-corrected chi connectivity index (χ2v) is 7.84. The Morgan fingerprint density at radius 3 is 2.71 bits per heavy atom. The van der Waals surface area contributed by atoms with Crippen molar-refractivity contribution in [3.05, 3.63) is 35.1 Å². The molecule has 0 radical (unpaired) electrons. The molecule has 2 aromatic heterocycles. The predicted octanol–water partition coefficient (Wildman–Crippen LogP) is 2.81. The molecule has 3 heterocycles. The Labute approximate surface area is 146 Å². The van der Waals surface area contributed by atoms with Crippen molar-refractivity contribution in [1.82, 2.24) is 9.97 Å². The molecule has 4 rings (SSSR count). The summed E-state index contributed by atoms with van der Waals surface area (Å²) in [4.78, 5) is 11.2. The molecule has 5 nitrogen and oxygen atoms in total. The molecule has 24 heavy (non-hydrogen) atoms. The molecule has 0 spiro atoms. The van der Waals surface area contributed by atoms with Crippen molar-refractivity contribution in [1.29, 1.82) is 0 Å². The highest BCUT2D eigenvalue weighted by atomic mass is 32.1. The van der Waals surface area contributed by atoms with Crippen LogP contribution >= 0.6 is 11.3 Å². The average molecular weight is 345 g/mol. The number of ether oxygens (including phenoxy) is 1. The lowest BCUT2D eigenvalue weighted by Crippen LogP contribution is -2.42. The number of hydrogen-bond acceptors (Lipinski definition) is 6. The molecule has 2 aliphatic rings. The van der Waals surface area contributed by atoms with E-state index in [2.05, 4.69) is 14.9 Å². The molecule has 0 unspecified atom stereocenters. The summed E-state index contributed by atoms with van der Waals surface area (Å²) in [5, 5.41) is 13.7. The third kappa shape index (κ3) is 3.00. The number of hydrogen-bond donors (Lipinski definition) is 1. The van der Waals surface area contributed by atoms with Gasteiger partial charge < -0.3 is 14.7 Å². The zero-order chi connectivity index (χ0) is 16.7. The van der Waals surface area contributed by atoms with E-state index in [1.165, 1.54) is 0 Å². The normalized spacial score (nSPS) is 29.5. The summed E-state index contributed by atoms with van der Waals surface area (Å²) in [6, 6.07) is 3.92. The summed E-state index contributed by atoms with van der Waals surface area (Å²) < 4.78 is 6.14. The summed E-state index contributed by atoms with van der Waals surface area (Å²) >= 11 is 1.69. The molecule has 1 N–H and O–H groups in total. The quantitative estimate of drug-likeness (QED) is 0.927. The highest BCUT2D eigenvalue weighted by Crippen LogP contribution is 2.40. The smallest absolute Gasteiger partial charge is 0.185 e. The van der Waals surface area contributed by atoms with Crippen LogP contribution in [0.15, 0.2) is 23.7 Å². The number of fused-ring (bicyclic) bond motifs is 1. The van der Waals surface area contributed by atoms with Gasteiger partial charge in [-0.3, -0.25) is 4.98 Å². The first-order chi connectivity index (χ1) is 11.6. The van der Waals surface area contributed by atoms with E-state index in [-0.39, 0.29) is 6.10 Å². The summed E-state index contributed by atoms with van der Waals surface area (Å²) in [7, 11) is 0. The van der Waals surface area contributed by atoms with Crippen molar-refractivity contribution in [2.24, 2.45) is 11.8 Å². The van der Waals surface area contributed by atoms with E-state index in [1.807, 2.05) is 37.6 Å². The fourth-order valence-electron chi connectivity index (χ4n) is 4.01. The second-order valence-electron chi connectivity index (χ2n) is 6.97. The van der Waals surface area contributed by atoms with Crippen LogP contribution in [0.25, 0.3) is 0 Å². The molecule has 2 fully saturated rings. The predicted molar refractivity (Wildman–Crippen MR) is 94.7 cm³/mol. The Bertz CT molecular complexity index is 706. The number of aliphatic hydroxyl groups excluding tert-OH is 1. The summed E-state index contributed by atoms with van der Waals surface area (Å²) in [6.45, 7) is 5.94. The van der Waals surface area contributed by atoms with Crippen LogP contribution in [-0.4, -0.2) is 40.4 Å². The largest absolute Gasteiger partial charge is 0.486 e. The first-order valence-electron chi connectivity index (χ1n) is 8.53. The maximum Gasteiger partial charge on any atom is 0.185 e. The molecule has 0 aromatic carbocycles. The summed E-state index contributed by atoms with van der Waals surface area (Å²) in [5.41, 5.74) is 1.87. The fraction of sp³-hybridized carbons (Fsp3) is 0.556. The third-order valence-corrected chi connectivity index (χ3v) is 6.06. The standard InChI is InChI=1S/C18H23N3O2S/c1-11-3-4-16(12(2)20-11)23-17-8-14-10-21(18-19-5-6-24-18)9-13(14)7-15(17)22/h3-6,13-15,17,22H,7-10H2,1-2H3/t13-,14+,15+,17+/m0/s1. The fourth-order valence-corrected chi connectivity index (χ4v) is 4.67. The van der Waals surface area contributed by atoms with Crippen LogP contribution < -0.4 is 9.64 Å². The van der Waals surface area contributed by atoms with Crippen LogP contribution in [0.1, 0.15) is 24.2 Å². The van der Waals surface area contributed by atoms with E-state index >= 15 is 0 Å². The number of pyridine rings is 1. The Morgan fingerprint density at radius 1 is 1.21 bits per heavy atom. The van der Waals surface area contributed by atoms with Gasteiger partial charge in [0.15, 0.2) is 5.13 Å². The van der Waals surface area contributed by atoms with Gasteiger partial charge >= 0.3 is 0 Å². The van der Waals surface area contributed by atoms with Gasteiger partial charge in [-0.2, -0.15) is 0 Å². The van der Waals surface area contributed by atoms with Crippen LogP contribution in [0.5, 0.6) is 5.75 Å². The van der Waals surface area contributed by atoms with E-state index in [1.54, 1.807) is 11.3 Å². The van der Waals surface area contributed by atoms with Gasteiger partial charge in [-0.15, -0.1) is 11.3 Å². The molecular formula is C18H23N3O2S. The highest BCUT2D eigenvalue weighted by molar-refractivity contribution is 7.13. The van der Waals surface area contributed by atoms with Gasteiger partial charge in [0, 0.05) is 30.4 Å². The molecule has 1 aliphatic carbocycles. The Morgan fingerprint density at radius 2 is 2.00 bits per heavy atom. The lowest BCUT2D eigenvalue weighted by atomic mass is 9.78. The Balaban J connectivity index is 1.45. The first-order valence-corrected chi connectivity index (χ1v) is 9.41. The van der Waals surface area contributed by atoms with Crippen LogP contribution in [-0.2, 0) is 0 Å². The highest BCUT2D eigenvalue weighted by Gasteiger charge is 2.43. The van der Waals surface area contributed by atoms with Crippen molar-refractivity contribution in [2.75, 3.05) is 18.0 Å². The van der Waals surface area contributed by atoms with Gasteiger partial charge in [-0.1, -0.05) is 0 Å². The zero-order valence-corrected chi connectivity index (χ0v) is 14.9. The number of rotatable bonds is 3. The SMILES string of the molecule is Cc1ccc(O[C@@H]2C[C@@H]3CN(c4nccs4)C[C@@H]3C[C@H]2O)c(C)n1. The van der Waals surface area contributed by atoms with Crippen LogP contribution in [0, 0.1) is 25.7 Å². The molecule has 4 atom stereocenters. The van der Waals surface area contributed by atoms with Crippen molar-refractivity contribution < 1.29 is 9.84 Å². The van der Waals surface area contributed by atoms with Crippen LogP contribution in [0.2, 0.25) is 0 Å². The van der Waals surface area contributed by atoms with Crippen molar-refractivity contribution in [2.45, 2.75) is 38.9 Å². The topological polar surface area (TPSA) is 58.5 Å². The lowest BCUT2D eigenvalue weighted by Gasteiger charge is -2.35. The van der Waals surface area contributed by atoms with Crippen molar-refractivity contribution >= 4 is 16.5 Å². The minimum absolute atomic E-state index is 0.147. The summed E-state index contributed by atoms with van der Waals surface area (Å²) in [5.74, 6) is 1.87. The average Bonchev–Trinajstić information content (AvgIpc) is 3.19. The molecule has 1 saturated carbocycles. The molecular weight excluding hydrogens is 322 g/mol. The monoisotopic (exact) mass is 345 g/mol. The van der Waals surface area contributed by atoms with Gasteiger partial charge in [0.05, 0.1) is 11.8 Å². The van der Waals surface area contributed by atoms with E-state index in [0.29, 0.717) is 11.8 Å². The molecule has 0 bridgehead atoms. The van der Waals surface area contributed by atoms with Gasteiger partial charge in [-0.05, 0) is 50.7 Å². The molecule has 1 saturated heterocycles. The number of aromatic nitrogens is 2. The molecule has 6 heteroatoms. The van der Waals surface area contributed by atoms with E-state index < -0.39 is 6.10 Å². The maximum atomic E-state index is 10.6. The minimum atomic E-state index is -0.414. The van der Waals surface area contributed by atoms with Crippen molar-refractivity contribution in [3.8, 4) is 5.75 Å². The number of anilines is 1. The second kappa shape index (κ2) is 6.33. The Hall–Kier alpha value is -1.66. The van der Waals surface area contributed by atoms with Crippen molar-refractivity contribution in [3.63, 3.8) is 0 Å². The van der Waals surface area contributed by atoms with Gasteiger partial charge in [0.2, 0.25) is 0 Å². The lowest BCUT2D eigenvalue weighted by molar-refractivity contribution is -0.0236. The van der Waals surface area contributed by atoms with Gasteiger partial charge in [0.1, 0.15) is 11.9 Å². The number of aryl methyl sites for hydroxylation is 2. The zero-order valence-electron chi connectivity index (χ0n) is 14.1. The minimum Gasteiger partial charge on any atom is -0.486 e. The van der Waals surface area contributed by atoms with E-state index in [4.69, 9.17) is 4.74 Å². The van der Waals surface area contributed by atoms with E-state index in [0.717, 1.165) is 48.2 Å². The molecule has 1 aliphatic heterocycles. The number of thiazole rings is 1. The molecule has 128 valence electrons. The molecule has 2 aromatic rings. The third-order valence-electron chi connectivity index (χ3n) is 5.23. The van der Waals surface area contributed by atoms with Gasteiger partial charge in [-0.25, -0.2) is 4.98 Å². The van der Waals surface area contributed by atoms with Crippen LogP contribution in [0.3, 0.4) is 0 Å². The Kier molecular flexibility index (Phi) is 4.18. The van der Waals surface area contributed by atoms with Crippen LogP contribution in [0.4, 0.5) is 5.13 Å². The number of aliphatic hydroxyl groups is 1. The summed E-state index contributed by atoms with van der Waals surface area (Å²) in [6.07, 6.45) is 2.99. The first kappa shape index (κ1) is 15.8. The number of nitrogens with zero attached hydrogens (tertiary/aromatic N) is 3.